The van der Waals surface area contributed by atoms with E-state index in [0.717, 1.165) is 0 Å². The van der Waals surface area contributed by atoms with Crippen molar-refractivity contribution in [3.63, 3.8) is 0 Å². The first-order valence-corrected chi connectivity index (χ1v) is 5.48. The van der Waals surface area contributed by atoms with Crippen molar-refractivity contribution in [1.29, 1.82) is 0 Å². The molecule has 0 aliphatic carbocycles. The molecule has 1 N–H and O–H groups in total. The summed E-state index contributed by atoms with van der Waals surface area (Å²) in [5, 5.41) is 6.20. The Morgan fingerprint density at radius 3 is 2.67 bits per heavy atom. The maximum absolute atomic E-state index is 12.2. The molecule has 96 valence electrons. The summed E-state index contributed by atoms with van der Waals surface area (Å²) >= 11 is 0. The zero-order chi connectivity index (χ0) is 13.5. The normalized spacial score (nSPS) is 18.7. The predicted molar refractivity (Wildman–Crippen MR) is 61.5 cm³/mol. The van der Waals surface area contributed by atoms with Crippen molar-refractivity contribution in [3.8, 4) is 0 Å². The van der Waals surface area contributed by atoms with Gasteiger partial charge in [0.1, 0.15) is 17.8 Å². The third-order valence-corrected chi connectivity index (χ3v) is 2.96. The Labute approximate surface area is 104 Å². The number of carbonyl (C=O) groups is 3. The van der Waals surface area contributed by atoms with Crippen LogP contribution in [0.25, 0.3) is 0 Å². The van der Waals surface area contributed by atoms with E-state index in [-0.39, 0.29) is 12.2 Å². The molecule has 7 heteroatoms. The van der Waals surface area contributed by atoms with Gasteiger partial charge in [-0.3, -0.25) is 24.4 Å². The van der Waals surface area contributed by atoms with Gasteiger partial charge in [-0.25, -0.2) is 0 Å². The molecular formula is C11H14N4O3. The van der Waals surface area contributed by atoms with Gasteiger partial charge in [0, 0.05) is 13.2 Å². The lowest BCUT2D eigenvalue weighted by Crippen LogP contribution is -2.65. The van der Waals surface area contributed by atoms with Crippen molar-refractivity contribution in [2.45, 2.75) is 19.4 Å². The van der Waals surface area contributed by atoms with Crippen molar-refractivity contribution in [2.24, 2.45) is 7.05 Å². The highest BCUT2D eigenvalue weighted by Crippen LogP contribution is 2.20. The first kappa shape index (κ1) is 12.3. The van der Waals surface area contributed by atoms with E-state index in [0.29, 0.717) is 0 Å². The van der Waals surface area contributed by atoms with Gasteiger partial charge in [-0.2, -0.15) is 5.10 Å². The topological polar surface area (TPSA) is 84.3 Å². The average molecular weight is 250 g/mol. The van der Waals surface area contributed by atoms with Crippen LogP contribution < -0.4 is 5.32 Å². The summed E-state index contributed by atoms with van der Waals surface area (Å²) in [6, 6.07) is 1.55. The second-order valence-electron chi connectivity index (χ2n) is 4.70. The van der Waals surface area contributed by atoms with E-state index >= 15 is 0 Å². The molecule has 0 aromatic carbocycles. The van der Waals surface area contributed by atoms with Gasteiger partial charge in [-0.15, -0.1) is 0 Å². The third kappa shape index (κ3) is 1.87. The average Bonchev–Trinajstić information content (AvgIpc) is 2.70. The van der Waals surface area contributed by atoms with Crippen molar-refractivity contribution in [2.75, 3.05) is 6.54 Å². The van der Waals surface area contributed by atoms with Crippen LogP contribution in [0.15, 0.2) is 12.3 Å². The Balaban J connectivity index is 2.33. The highest BCUT2D eigenvalue weighted by Gasteiger charge is 2.44. The number of nitrogens with zero attached hydrogens (tertiary/aromatic N) is 3. The van der Waals surface area contributed by atoms with E-state index in [2.05, 4.69) is 10.4 Å². The number of amides is 3. The summed E-state index contributed by atoms with van der Waals surface area (Å²) in [7, 11) is 1.69. The van der Waals surface area contributed by atoms with Crippen molar-refractivity contribution < 1.29 is 14.4 Å². The van der Waals surface area contributed by atoms with Crippen LogP contribution >= 0.6 is 0 Å². The number of aromatic nitrogens is 2. The molecule has 0 unspecified atom stereocenters. The summed E-state index contributed by atoms with van der Waals surface area (Å²) in [5.41, 5.74) is -0.851. The largest absolute Gasteiger partial charge is 0.314 e. The molecule has 1 aliphatic heterocycles. The van der Waals surface area contributed by atoms with Gasteiger partial charge in [0.25, 0.3) is 11.8 Å². The minimum atomic E-state index is -1.07. The summed E-state index contributed by atoms with van der Waals surface area (Å²) < 4.78 is 1.49. The standard InChI is InChI=1S/C11H14N4O3/c1-11(2)10(18)12-8(16)6-15(11)9(17)7-4-5-14(3)13-7/h4-5H,6H2,1-3H3,(H,12,16,18). The molecule has 2 rings (SSSR count). The fourth-order valence-corrected chi connectivity index (χ4v) is 1.78. The lowest BCUT2D eigenvalue weighted by Gasteiger charge is -2.39. The quantitative estimate of drug-likeness (QED) is 0.668. The van der Waals surface area contributed by atoms with Crippen LogP contribution in [0.5, 0.6) is 0 Å². The molecule has 18 heavy (non-hydrogen) atoms. The number of rotatable bonds is 1. The number of hydrogen-bond donors (Lipinski definition) is 1. The molecule has 0 spiro atoms. The van der Waals surface area contributed by atoms with E-state index in [1.165, 1.54) is 9.58 Å². The highest BCUT2D eigenvalue weighted by atomic mass is 16.2. The molecule has 2 heterocycles. The highest BCUT2D eigenvalue weighted by molar-refractivity contribution is 6.08. The SMILES string of the molecule is Cn1ccc(C(=O)N2CC(=O)NC(=O)C2(C)C)n1. The maximum Gasteiger partial charge on any atom is 0.275 e. The number of imide groups is 1. The van der Waals surface area contributed by atoms with Crippen LogP contribution in [0.1, 0.15) is 24.3 Å². The van der Waals surface area contributed by atoms with Gasteiger partial charge < -0.3 is 4.90 Å². The number of nitrogens with one attached hydrogen (secondary N) is 1. The minimum absolute atomic E-state index is 0.145. The fraction of sp³-hybridized carbons (Fsp3) is 0.455. The summed E-state index contributed by atoms with van der Waals surface area (Å²) in [6.07, 6.45) is 1.63. The van der Waals surface area contributed by atoms with Crippen LogP contribution in [0, 0.1) is 0 Å². The molecule has 1 aliphatic rings. The lowest BCUT2D eigenvalue weighted by atomic mass is 9.98. The molecule has 0 radical (unpaired) electrons. The Kier molecular flexibility index (Phi) is 2.68. The Morgan fingerprint density at radius 2 is 2.11 bits per heavy atom. The van der Waals surface area contributed by atoms with Gasteiger partial charge in [-0.1, -0.05) is 0 Å². The van der Waals surface area contributed by atoms with Gasteiger partial charge >= 0.3 is 0 Å². The summed E-state index contributed by atoms with van der Waals surface area (Å²) in [6.45, 7) is 3.04. The second kappa shape index (κ2) is 3.94. The van der Waals surface area contributed by atoms with Crippen molar-refractivity contribution >= 4 is 17.7 Å². The van der Waals surface area contributed by atoms with Gasteiger partial charge in [0.05, 0.1) is 0 Å². The van der Waals surface area contributed by atoms with Crippen LogP contribution in [0.4, 0.5) is 0 Å². The molecule has 0 bridgehead atoms. The van der Waals surface area contributed by atoms with Gasteiger partial charge in [-0.05, 0) is 19.9 Å². The summed E-state index contributed by atoms with van der Waals surface area (Å²) in [5.74, 6) is -1.39. The van der Waals surface area contributed by atoms with E-state index in [1.807, 2.05) is 0 Å². The van der Waals surface area contributed by atoms with Crippen molar-refractivity contribution in [3.05, 3.63) is 18.0 Å². The number of aryl methyl sites for hydroxylation is 1. The Morgan fingerprint density at radius 1 is 1.44 bits per heavy atom. The van der Waals surface area contributed by atoms with Crippen LogP contribution in [-0.2, 0) is 16.6 Å². The van der Waals surface area contributed by atoms with Gasteiger partial charge in [0.2, 0.25) is 5.91 Å². The Bertz CT molecular complexity index is 532. The van der Waals surface area contributed by atoms with E-state index in [4.69, 9.17) is 0 Å². The fourth-order valence-electron chi connectivity index (χ4n) is 1.78. The molecule has 0 atom stereocenters. The number of hydrogen-bond acceptors (Lipinski definition) is 4. The molecule has 1 aromatic rings. The van der Waals surface area contributed by atoms with Crippen LogP contribution in [-0.4, -0.2) is 44.5 Å². The number of piperazine rings is 1. The predicted octanol–water partition coefficient (Wildman–Crippen LogP) is -0.703. The summed E-state index contributed by atoms with van der Waals surface area (Å²) in [4.78, 5) is 36.6. The second-order valence-corrected chi connectivity index (χ2v) is 4.70. The van der Waals surface area contributed by atoms with Crippen LogP contribution in [0.3, 0.4) is 0 Å². The minimum Gasteiger partial charge on any atom is -0.314 e. The van der Waals surface area contributed by atoms with E-state index in [1.54, 1.807) is 33.2 Å². The van der Waals surface area contributed by atoms with Crippen molar-refractivity contribution in [1.82, 2.24) is 20.0 Å². The maximum atomic E-state index is 12.2. The smallest absolute Gasteiger partial charge is 0.275 e. The van der Waals surface area contributed by atoms with Crippen LogP contribution in [0.2, 0.25) is 0 Å². The molecule has 3 amide bonds. The zero-order valence-corrected chi connectivity index (χ0v) is 10.4. The number of carbonyl (C=O) groups excluding carboxylic acids is 3. The van der Waals surface area contributed by atoms with Gasteiger partial charge in [0.15, 0.2) is 0 Å². The third-order valence-electron chi connectivity index (χ3n) is 2.96. The first-order valence-electron chi connectivity index (χ1n) is 5.48. The van der Waals surface area contributed by atoms with E-state index < -0.39 is 23.3 Å². The lowest BCUT2D eigenvalue weighted by molar-refractivity contribution is -0.143. The molecule has 7 nitrogen and oxygen atoms in total. The molecule has 1 saturated heterocycles. The van der Waals surface area contributed by atoms with E-state index in [9.17, 15) is 14.4 Å². The zero-order valence-electron chi connectivity index (χ0n) is 10.4. The monoisotopic (exact) mass is 250 g/mol. The Hall–Kier alpha value is -2.18. The molecule has 1 fully saturated rings. The molecular weight excluding hydrogens is 236 g/mol. The molecule has 1 aromatic heterocycles. The first-order chi connectivity index (χ1) is 8.32. The molecule has 0 saturated carbocycles.